The zero-order valence-electron chi connectivity index (χ0n) is 34.8. The molecule has 2 aliphatic heterocycles. The predicted octanol–water partition coefficient (Wildman–Crippen LogP) is 4.13. The molecule has 4 heterocycles. The smallest absolute Gasteiger partial charge is 0.245 e. The van der Waals surface area contributed by atoms with E-state index in [1.807, 2.05) is 0 Å². The number of nitrogens with zero attached hydrogens (tertiary/aromatic N) is 4. The maximum atomic E-state index is 15.5. The second-order valence-corrected chi connectivity index (χ2v) is 17.1. The van der Waals surface area contributed by atoms with Crippen molar-refractivity contribution >= 4 is 45.6 Å². The Labute approximate surface area is 346 Å². The van der Waals surface area contributed by atoms with Gasteiger partial charge in [-0.2, -0.15) is 0 Å². The summed E-state index contributed by atoms with van der Waals surface area (Å²) in [6, 6.07) is 4.14. The molecule has 1 aliphatic carbocycles. The van der Waals surface area contributed by atoms with Crippen molar-refractivity contribution in [3.05, 3.63) is 53.6 Å². The summed E-state index contributed by atoms with van der Waals surface area (Å²) < 4.78 is 62.3. The molecule has 324 valence electrons. The molecule has 0 bridgehead atoms. The lowest BCUT2D eigenvalue weighted by Gasteiger charge is -2.31. The molecule has 8 unspecified atom stereocenters. The van der Waals surface area contributed by atoms with E-state index in [-0.39, 0.29) is 74.0 Å². The fourth-order valence-electron chi connectivity index (χ4n) is 8.68. The van der Waals surface area contributed by atoms with E-state index < -0.39 is 66.1 Å². The van der Waals surface area contributed by atoms with Crippen molar-refractivity contribution in [3.8, 4) is 11.5 Å². The molecule has 3 aliphatic rings. The van der Waals surface area contributed by atoms with E-state index in [1.165, 1.54) is 34.1 Å². The number of carbonyl (C=O) groups excluding carboxylic acids is 4. The molecule has 7 rings (SSSR count). The molecule has 60 heavy (non-hydrogen) atoms. The SMILES string of the molecule is CNC(C)C(=O)NC(C(=O)N1CC(F)CC1Cc1c(-c2nc3cc(F)ccc3n2CC2CC(F)CN2C(=O)C(NC(=O)C(C)NC)C2CC2)[nH]c2cc(F)ccc12)C(C)C. The van der Waals surface area contributed by atoms with Gasteiger partial charge in [-0.25, -0.2) is 22.5 Å². The summed E-state index contributed by atoms with van der Waals surface area (Å²) in [4.78, 5) is 65.5. The minimum Gasteiger partial charge on any atom is -0.352 e. The van der Waals surface area contributed by atoms with Crippen LogP contribution >= 0.6 is 0 Å². The number of H-pyrrole nitrogens is 1. The van der Waals surface area contributed by atoms with E-state index >= 15 is 8.78 Å². The molecule has 2 aromatic heterocycles. The minimum absolute atomic E-state index is 0.00670. The molecule has 17 heteroatoms. The third kappa shape index (κ3) is 8.74. The van der Waals surface area contributed by atoms with Crippen LogP contribution in [0.25, 0.3) is 33.5 Å². The van der Waals surface area contributed by atoms with Crippen LogP contribution in [-0.2, 0) is 32.1 Å². The summed E-state index contributed by atoms with van der Waals surface area (Å²) in [5.41, 5.74) is 2.21. The van der Waals surface area contributed by atoms with Crippen LogP contribution in [0, 0.1) is 23.5 Å². The molecular weight excluding hydrogens is 783 g/mol. The number of hydrogen-bond acceptors (Lipinski definition) is 7. The lowest BCUT2D eigenvalue weighted by molar-refractivity contribution is -0.139. The van der Waals surface area contributed by atoms with Gasteiger partial charge in [0.25, 0.3) is 0 Å². The van der Waals surface area contributed by atoms with Gasteiger partial charge in [-0.3, -0.25) is 19.2 Å². The number of likely N-dealkylation sites (tertiary alicyclic amines) is 2. The lowest BCUT2D eigenvalue weighted by Crippen LogP contribution is -2.55. The van der Waals surface area contributed by atoms with Gasteiger partial charge in [-0.1, -0.05) is 13.8 Å². The summed E-state index contributed by atoms with van der Waals surface area (Å²) in [5.74, 6) is -2.63. The van der Waals surface area contributed by atoms with E-state index in [1.54, 1.807) is 58.5 Å². The number of aromatic amines is 1. The predicted molar refractivity (Wildman–Crippen MR) is 219 cm³/mol. The van der Waals surface area contributed by atoms with Crippen LogP contribution in [0.15, 0.2) is 36.4 Å². The Kier molecular flexibility index (Phi) is 12.6. The van der Waals surface area contributed by atoms with Gasteiger partial charge in [0, 0.05) is 42.4 Å². The lowest BCUT2D eigenvalue weighted by atomic mass is 9.98. The van der Waals surface area contributed by atoms with Gasteiger partial charge in [-0.15, -0.1) is 0 Å². The van der Waals surface area contributed by atoms with Gasteiger partial charge < -0.3 is 40.6 Å². The topological polar surface area (TPSA) is 156 Å². The Morgan fingerprint density at radius 2 is 1.42 bits per heavy atom. The molecule has 5 N–H and O–H groups in total. The van der Waals surface area contributed by atoms with Gasteiger partial charge >= 0.3 is 0 Å². The van der Waals surface area contributed by atoms with Gasteiger partial charge in [0.05, 0.1) is 47.9 Å². The Balaban J connectivity index is 1.27. The van der Waals surface area contributed by atoms with E-state index in [4.69, 9.17) is 4.98 Å². The minimum atomic E-state index is -1.34. The molecule has 0 radical (unpaired) electrons. The maximum Gasteiger partial charge on any atom is 0.245 e. The first kappa shape index (κ1) is 43.1. The van der Waals surface area contributed by atoms with Crippen LogP contribution in [0.4, 0.5) is 17.6 Å². The second-order valence-electron chi connectivity index (χ2n) is 17.1. The zero-order chi connectivity index (χ0) is 43.2. The van der Waals surface area contributed by atoms with Crippen LogP contribution in [0.2, 0.25) is 0 Å². The quantitative estimate of drug-likeness (QED) is 0.113. The largest absolute Gasteiger partial charge is 0.352 e. The monoisotopic (exact) mass is 837 g/mol. The van der Waals surface area contributed by atoms with Gasteiger partial charge in [0.1, 0.15) is 36.1 Å². The number of rotatable bonds is 15. The highest BCUT2D eigenvalue weighted by molar-refractivity contribution is 5.93. The number of imidazole rings is 1. The van der Waals surface area contributed by atoms with Gasteiger partial charge in [-0.05, 0) is 94.9 Å². The second kappa shape index (κ2) is 17.5. The summed E-state index contributed by atoms with van der Waals surface area (Å²) in [6.45, 7) is 6.67. The molecule has 8 atom stereocenters. The zero-order valence-corrected chi connectivity index (χ0v) is 34.8. The van der Waals surface area contributed by atoms with Crippen LogP contribution in [-0.4, -0.2) is 124 Å². The number of alkyl halides is 2. The molecule has 1 saturated carbocycles. The average Bonchev–Trinajstić information content (AvgIpc) is 3.58. The molecule has 0 spiro atoms. The van der Waals surface area contributed by atoms with Crippen molar-refractivity contribution in [1.82, 2.24) is 45.6 Å². The average molecular weight is 838 g/mol. The Bertz CT molecular complexity index is 2110. The molecule has 13 nitrogen and oxygen atoms in total. The first-order chi connectivity index (χ1) is 28.6. The number of hydrogen-bond donors (Lipinski definition) is 5. The third-order valence-electron chi connectivity index (χ3n) is 12.5. The van der Waals surface area contributed by atoms with Crippen LogP contribution in [0.3, 0.4) is 0 Å². The van der Waals surface area contributed by atoms with Crippen molar-refractivity contribution < 1.29 is 36.7 Å². The summed E-state index contributed by atoms with van der Waals surface area (Å²) in [6.07, 6.45) is -1.05. The molecule has 4 aromatic rings. The van der Waals surface area contributed by atoms with Gasteiger partial charge in [0.15, 0.2) is 5.82 Å². The fourth-order valence-corrected chi connectivity index (χ4v) is 8.68. The molecule has 3 fully saturated rings. The standard InChI is InChI=1S/C43H55F4N9O4/c1-21(2)36(52-40(57)22(3)48-5)42(59)54-18-27(46)13-29(54)17-32-31-11-9-25(44)15-33(31)50-38(32)39-51-34-16-26(45)10-12-35(34)56(39)20-30-14-28(47)19-55(30)43(60)37(24-7-8-24)53-41(58)23(4)49-6/h9-12,15-16,21-24,27-30,36-37,48-50H,7-8,13-14,17-20H2,1-6H3,(H,52,57)(H,53,58). The van der Waals surface area contributed by atoms with E-state index in [0.29, 0.717) is 33.5 Å². The number of nitrogens with one attached hydrogen (secondary N) is 5. The van der Waals surface area contributed by atoms with E-state index in [9.17, 15) is 28.0 Å². The highest BCUT2D eigenvalue weighted by Gasteiger charge is 2.45. The summed E-state index contributed by atoms with van der Waals surface area (Å²) in [7, 11) is 3.28. The number of amides is 4. The van der Waals surface area contributed by atoms with Crippen LogP contribution < -0.4 is 21.3 Å². The third-order valence-corrected chi connectivity index (χ3v) is 12.5. The van der Waals surface area contributed by atoms with Crippen LogP contribution in [0.5, 0.6) is 0 Å². The first-order valence-corrected chi connectivity index (χ1v) is 20.9. The maximum absolute atomic E-state index is 15.5. The van der Waals surface area contributed by atoms with Crippen molar-refractivity contribution in [1.29, 1.82) is 0 Å². The van der Waals surface area contributed by atoms with Crippen LogP contribution in [0.1, 0.15) is 58.9 Å². The molecular formula is C43H55F4N9O4. The number of fused-ring (bicyclic) bond motifs is 2. The van der Waals surface area contributed by atoms with Gasteiger partial charge in [0.2, 0.25) is 23.6 Å². The molecule has 2 saturated heterocycles. The highest BCUT2D eigenvalue weighted by atomic mass is 19.1. The number of likely N-dealkylation sites (N-methyl/N-ethyl adjacent to an activating group) is 2. The van der Waals surface area contributed by atoms with Crippen molar-refractivity contribution in [2.24, 2.45) is 11.8 Å². The Morgan fingerprint density at radius 3 is 2.05 bits per heavy atom. The van der Waals surface area contributed by atoms with Crippen molar-refractivity contribution in [2.75, 3.05) is 27.2 Å². The van der Waals surface area contributed by atoms with E-state index in [0.717, 1.165) is 12.8 Å². The summed E-state index contributed by atoms with van der Waals surface area (Å²) in [5, 5.41) is 12.1. The number of halogens is 4. The van der Waals surface area contributed by atoms with E-state index in [2.05, 4.69) is 26.3 Å². The van der Waals surface area contributed by atoms with Crippen molar-refractivity contribution in [3.63, 3.8) is 0 Å². The molecule has 2 aromatic carbocycles. The normalized spacial score (nSPS) is 22.7. The number of benzene rings is 2. The summed E-state index contributed by atoms with van der Waals surface area (Å²) >= 11 is 0. The number of carbonyl (C=O) groups is 4. The Hall–Kier alpha value is -5.03. The highest BCUT2D eigenvalue weighted by Crippen LogP contribution is 2.39. The fraction of sp³-hybridized carbons (Fsp3) is 0.558. The molecule has 4 amide bonds. The van der Waals surface area contributed by atoms with Crippen molar-refractivity contribution in [2.45, 2.75) is 115 Å². The Morgan fingerprint density at radius 1 is 0.817 bits per heavy atom. The number of aromatic nitrogens is 3. The first-order valence-electron chi connectivity index (χ1n) is 20.9.